The van der Waals surface area contributed by atoms with E-state index in [4.69, 9.17) is 5.73 Å². The second-order valence-corrected chi connectivity index (χ2v) is 5.32. The van der Waals surface area contributed by atoms with E-state index < -0.39 is 0 Å². The van der Waals surface area contributed by atoms with Crippen molar-refractivity contribution >= 4 is 27.5 Å². The number of nitrogens with two attached hydrogens (primary N) is 1. The van der Waals surface area contributed by atoms with Gasteiger partial charge < -0.3 is 10.7 Å². The molecular weight excluding hydrogens is 272 g/mol. The molecule has 0 radical (unpaired) electrons. The summed E-state index contributed by atoms with van der Waals surface area (Å²) in [6.07, 6.45) is 0. The van der Waals surface area contributed by atoms with Gasteiger partial charge in [-0.25, -0.2) is 0 Å². The molecule has 0 aliphatic heterocycles. The minimum atomic E-state index is 0.00818. The number of fused-ring (bicyclic) bond motifs is 2. The minimum absolute atomic E-state index is 0.00818. The van der Waals surface area contributed by atoms with Crippen LogP contribution in [0.1, 0.15) is 0 Å². The highest BCUT2D eigenvalue weighted by atomic mass is 16.1. The van der Waals surface area contributed by atoms with Crippen molar-refractivity contribution in [2.75, 3.05) is 5.73 Å². The Morgan fingerprint density at radius 2 is 1.41 bits per heavy atom. The van der Waals surface area contributed by atoms with Gasteiger partial charge in [0.2, 0.25) is 0 Å². The van der Waals surface area contributed by atoms with E-state index in [0.717, 1.165) is 16.6 Å². The van der Waals surface area contributed by atoms with Crippen molar-refractivity contribution < 1.29 is 0 Å². The topological polar surface area (TPSA) is 58.9 Å². The molecule has 3 N–H and O–H groups in total. The Morgan fingerprint density at radius 1 is 0.727 bits per heavy atom. The first-order valence-electron chi connectivity index (χ1n) is 7.14. The van der Waals surface area contributed by atoms with Gasteiger partial charge in [0.1, 0.15) is 0 Å². The predicted octanol–water partition coefficient (Wildman–Crippen LogP) is 3.93. The van der Waals surface area contributed by atoms with Crippen LogP contribution in [0.5, 0.6) is 0 Å². The van der Waals surface area contributed by atoms with Gasteiger partial charge in [0.05, 0.1) is 16.7 Å². The standard InChI is InChI=1S/C19H14N2O/c20-16-11-5-10-15-18(16)21-17-13(12-6-2-1-3-7-12)8-4-9-14(17)19(15)22/h1-11H,20H2,(H,21,22). The normalized spacial score (nSPS) is 11.1. The van der Waals surface area contributed by atoms with Gasteiger partial charge in [-0.05, 0) is 23.8 Å². The maximum atomic E-state index is 12.7. The van der Waals surface area contributed by atoms with Crippen LogP contribution < -0.4 is 11.2 Å². The van der Waals surface area contributed by atoms with Crippen molar-refractivity contribution in [2.45, 2.75) is 0 Å². The summed E-state index contributed by atoms with van der Waals surface area (Å²) >= 11 is 0. The number of rotatable bonds is 1. The maximum Gasteiger partial charge on any atom is 0.197 e. The van der Waals surface area contributed by atoms with Crippen molar-refractivity contribution in [2.24, 2.45) is 0 Å². The molecule has 4 aromatic rings. The zero-order chi connectivity index (χ0) is 15.1. The first-order chi connectivity index (χ1) is 10.8. The molecule has 0 saturated carbocycles. The molecule has 3 nitrogen and oxygen atoms in total. The van der Waals surface area contributed by atoms with Crippen molar-refractivity contribution in [1.82, 2.24) is 4.98 Å². The third-order valence-corrected chi connectivity index (χ3v) is 3.99. The largest absolute Gasteiger partial charge is 0.397 e. The molecule has 0 saturated heterocycles. The second kappa shape index (κ2) is 4.74. The number of para-hydroxylation sites is 2. The third kappa shape index (κ3) is 1.79. The molecule has 106 valence electrons. The summed E-state index contributed by atoms with van der Waals surface area (Å²) in [5, 5.41) is 1.30. The van der Waals surface area contributed by atoms with Crippen LogP contribution in [0.25, 0.3) is 32.9 Å². The van der Waals surface area contributed by atoms with E-state index in [1.807, 2.05) is 48.5 Å². The molecule has 0 fully saturated rings. The molecule has 3 heteroatoms. The van der Waals surface area contributed by atoms with Gasteiger partial charge in [-0.15, -0.1) is 0 Å². The van der Waals surface area contributed by atoms with Gasteiger partial charge in [0.25, 0.3) is 0 Å². The predicted molar refractivity (Wildman–Crippen MR) is 91.9 cm³/mol. The van der Waals surface area contributed by atoms with E-state index in [1.165, 1.54) is 0 Å². The molecule has 0 spiro atoms. The van der Waals surface area contributed by atoms with E-state index in [2.05, 4.69) is 4.98 Å². The SMILES string of the molecule is Nc1cccc2c(=O)c3cccc(-c4ccccc4)c3[nH]c12. The number of aromatic amines is 1. The Morgan fingerprint density at radius 3 is 2.18 bits per heavy atom. The van der Waals surface area contributed by atoms with Crippen molar-refractivity contribution in [1.29, 1.82) is 0 Å². The molecule has 3 aromatic carbocycles. The van der Waals surface area contributed by atoms with Crippen LogP contribution in [0.3, 0.4) is 0 Å². The molecule has 22 heavy (non-hydrogen) atoms. The number of H-pyrrole nitrogens is 1. The van der Waals surface area contributed by atoms with Crippen LogP contribution in [0.4, 0.5) is 5.69 Å². The number of aromatic nitrogens is 1. The molecule has 0 bridgehead atoms. The molecule has 1 heterocycles. The highest BCUT2D eigenvalue weighted by molar-refractivity contribution is 6.02. The summed E-state index contributed by atoms with van der Waals surface area (Å²) in [4.78, 5) is 16.1. The Bertz CT molecular complexity index is 1050. The van der Waals surface area contributed by atoms with Crippen LogP contribution >= 0.6 is 0 Å². The summed E-state index contributed by atoms with van der Waals surface area (Å²) in [5.41, 5.74) is 10.2. The summed E-state index contributed by atoms with van der Waals surface area (Å²) in [6.45, 7) is 0. The number of nitrogen functional groups attached to an aromatic ring is 1. The third-order valence-electron chi connectivity index (χ3n) is 3.99. The lowest BCUT2D eigenvalue weighted by Gasteiger charge is -2.09. The highest BCUT2D eigenvalue weighted by Crippen LogP contribution is 2.28. The van der Waals surface area contributed by atoms with E-state index in [-0.39, 0.29) is 5.43 Å². The van der Waals surface area contributed by atoms with Gasteiger partial charge >= 0.3 is 0 Å². The monoisotopic (exact) mass is 286 g/mol. The molecule has 0 amide bonds. The lowest BCUT2D eigenvalue weighted by atomic mass is 10.0. The summed E-state index contributed by atoms with van der Waals surface area (Å²) < 4.78 is 0. The fraction of sp³-hybridized carbons (Fsp3) is 0. The fourth-order valence-electron chi connectivity index (χ4n) is 2.90. The number of nitrogens with one attached hydrogen (secondary N) is 1. The molecule has 0 atom stereocenters. The first-order valence-corrected chi connectivity index (χ1v) is 7.14. The maximum absolute atomic E-state index is 12.7. The Kier molecular flexibility index (Phi) is 2.73. The van der Waals surface area contributed by atoms with Gasteiger partial charge in [-0.3, -0.25) is 4.79 Å². The lowest BCUT2D eigenvalue weighted by molar-refractivity contribution is 1.47. The minimum Gasteiger partial charge on any atom is -0.397 e. The molecular formula is C19H14N2O. The lowest BCUT2D eigenvalue weighted by Crippen LogP contribution is -2.06. The highest BCUT2D eigenvalue weighted by Gasteiger charge is 2.10. The Labute approximate surface area is 127 Å². The second-order valence-electron chi connectivity index (χ2n) is 5.32. The number of benzene rings is 3. The number of hydrogen-bond donors (Lipinski definition) is 2. The van der Waals surface area contributed by atoms with Gasteiger partial charge in [-0.2, -0.15) is 0 Å². The van der Waals surface area contributed by atoms with E-state index in [1.54, 1.807) is 18.2 Å². The molecule has 1 aromatic heterocycles. The zero-order valence-electron chi connectivity index (χ0n) is 11.8. The van der Waals surface area contributed by atoms with Gasteiger partial charge in [-0.1, -0.05) is 48.5 Å². The Balaban J connectivity index is 2.20. The summed E-state index contributed by atoms with van der Waals surface area (Å²) in [6, 6.07) is 21.2. The fourth-order valence-corrected chi connectivity index (χ4v) is 2.90. The Hall–Kier alpha value is -3.07. The van der Waals surface area contributed by atoms with Crippen LogP contribution in [0, 0.1) is 0 Å². The zero-order valence-corrected chi connectivity index (χ0v) is 11.8. The van der Waals surface area contributed by atoms with Crippen LogP contribution in [0.15, 0.2) is 71.5 Å². The van der Waals surface area contributed by atoms with E-state index >= 15 is 0 Å². The van der Waals surface area contributed by atoms with Gasteiger partial charge in [0.15, 0.2) is 5.43 Å². The molecule has 0 aliphatic carbocycles. The van der Waals surface area contributed by atoms with Crippen molar-refractivity contribution in [3.63, 3.8) is 0 Å². The first kappa shape index (κ1) is 12.7. The molecule has 0 unspecified atom stereocenters. The van der Waals surface area contributed by atoms with Crippen molar-refractivity contribution in [3.05, 3.63) is 77.0 Å². The quantitative estimate of drug-likeness (QED) is 0.411. The van der Waals surface area contributed by atoms with Crippen LogP contribution in [-0.4, -0.2) is 4.98 Å². The van der Waals surface area contributed by atoms with Crippen LogP contribution in [0.2, 0.25) is 0 Å². The van der Waals surface area contributed by atoms with Crippen LogP contribution in [-0.2, 0) is 0 Å². The summed E-state index contributed by atoms with van der Waals surface area (Å²) in [5.74, 6) is 0. The average Bonchev–Trinajstić information content (AvgIpc) is 2.56. The molecule has 4 rings (SSSR count). The van der Waals surface area contributed by atoms with Gasteiger partial charge in [0, 0.05) is 16.3 Å². The van der Waals surface area contributed by atoms with Crippen molar-refractivity contribution in [3.8, 4) is 11.1 Å². The molecule has 0 aliphatic rings. The average molecular weight is 286 g/mol. The van der Waals surface area contributed by atoms with E-state index in [0.29, 0.717) is 22.0 Å². The number of anilines is 1. The summed E-state index contributed by atoms with van der Waals surface area (Å²) in [7, 11) is 0. The van der Waals surface area contributed by atoms with E-state index in [9.17, 15) is 4.79 Å². The number of pyridine rings is 1. The smallest absolute Gasteiger partial charge is 0.197 e. The number of hydrogen-bond acceptors (Lipinski definition) is 2.